The topological polar surface area (TPSA) is 140 Å². The van der Waals surface area contributed by atoms with E-state index in [9.17, 15) is 19.2 Å². The van der Waals surface area contributed by atoms with Gasteiger partial charge >= 0.3 is 12.2 Å². The third-order valence-electron chi connectivity index (χ3n) is 4.83. The minimum absolute atomic E-state index is 0.0313. The molecular weight excluding hydrogens is 416 g/mol. The number of ether oxygens (including phenoxy) is 2. The molecule has 0 atom stereocenters. The van der Waals surface area contributed by atoms with Crippen LogP contribution >= 0.6 is 0 Å². The third kappa shape index (κ3) is 6.94. The molecule has 0 aliphatic carbocycles. The Morgan fingerprint density at radius 2 is 1.31 bits per heavy atom. The number of carbonyl (C=O) groups is 4. The number of hydrogen-bond donors (Lipinski definition) is 3. The monoisotopic (exact) mass is 448 g/mol. The van der Waals surface area contributed by atoms with Crippen molar-refractivity contribution in [3.63, 3.8) is 0 Å². The Morgan fingerprint density at radius 3 is 1.69 bits per heavy atom. The zero-order valence-electron chi connectivity index (χ0n) is 19.0. The van der Waals surface area contributed by atoms with E-state index in [-0.39, 0.29) is 44.7 Å². The second kappa shape index (κ2) is 10.9. The summed E-state index contributed by atoms with van der Waals surface area (Å²) >= 11 is 0. The minimum atomic E-state index is -1.14. The van der Waals surface area contributed by atoms with Crippen molar-refractivity contribution >= 4 is 24.0 Å². The summed E-state index contributed by atoms with van der Waals surface area (Å²) < 4.78 is 10.3. The Hall–Kier alpha value is -3.14. The van der Waals surface area contributed by atoms with Crippen molar-refractivity contribution in [2.75, 3.05) is 19.8 Å². The number of carbonyl (C=O) groups excluding carboxylic acids is 4. The molecule has 1 aliphatic rings. The maximum atomic E-state index is 12.8. The average molecular weight is 449 g/mol. The molecule has 0 radical (unpaired) electrons. The summed E-state index contributed by atoms with van der Waals surface area (Å²) in [7, 11) is 0. The maximum Gasteiger partial charge on any atom is 0.407 e. The fourth-order valence-electron chi connectivity index (χ4n) is 3.23. The van der Waals surface area contributed by atoms with Crippen LogP contribution in [0.2, 0.25) is 0 Å². The second-order valence-corrected chi connectivity index (χ2v) is 8.47. The molecule has 0 spiro atoms. The second-order valence-electron chi connectivity index (χ2n) is 8.47. The molecule has 2 rings (SSSR count). The lowest BCUT2D eigenvalue weighted by atomic mass is 9.92. The number of nitrogens with one attached hydrogen (secondary N) is 2. The predicted octanol–water partition coefficient (Wildman–Crippen LogP) is 2.03. The quantitative estimate of drug-likeness (QED) is 0.465. The van der Waals surface area contributed by atoms with Crippen LogP contribution in [0.4, 0.5) is 9.59 Å². The summed E-state index contributed by atoms with van der Waals surface area (Å²) in [5.74, 6) is -0.866. The largest absolute Gasteiger partial charge is 0.449 e. The van der Waals surface area contributed by atoms with E-state index in [2.05, 4.69) is 10.6 Å². The first-order chi connectivity index (χ1) is 15.0. The number of hydrogen-bond acceptors (Lipinski definition) is 7. The molecule has 0 bridgehead atoms. The highest BCUT2D eigenvalue weighted by Crippen LogP contribution is 2.26. The summed E-state index contributed by atoms with van der Waals surface area (Å²) in [6.45, 7) is 7.04. The first-order valence-electron chi connectivity index (χ1n) is 10.6. The normalized spacial score (nSPS) is 13.4. The van der Waals surface area contributed by atoms with Gasteiger partial charge in [-0.2, -0.15) is 0 Å². The fraction of sp³-hybridized carbons (Fsp3) is 0.545. The van der Waals surface area contributed by atoms with Gasteiger partial charge in [-0.3, -0.25) is 14.5 Å². The highest BCUT2D eigenvalue weighted by Gasteiger charge is 2.40. The molecule has 1 aromatic rings. The Kier molecular flexibility index (Phi) is 8.59. The predicted molar refractivity (Wildman–Crippen MR) is 117 cm³/mol. The highest BCUT2D eigenvalue weighted by molar-refractivity contribution is 6.21. The highest BCUT2D eigenvalue weighted by atomic mass is 16.6. The van der Waals surface area contributed by atoms with Crippen LogP contribution in [0.5, 0.6) is 0 Å². The summed E-state index contributed by atoms with van der Waals surface area (Å²) in [4.78, 5) is 50.1. The van der Waals surface area contributed by atoms with Crippen LogP contribution in [-0.4, -0.2) is 66.3 Å². The molecule has 176 valence electrons. The van der Waals surface area contributed by atoms with E-state index in [1.165, 1.54) is 0 Å². The van der Waals surface area contributed by atoms with Gasteiger partial charge in [-0.25, -0.2) is 9.59 Å². The summed E-state index contributed by atoms with van der Waals surface area (Å²) in [6, 6.07) is 6.38. The lowest BCUT2D eigenvalue weighted by Crippen LogP contribution is -2.53. The number of benzene rings is 1. The average Bonchev–Trinajstić information content (AvgIpc) is 2.92. The number of rotatable bonds is 10. The lowest BCUT2D eigenvalue weighted by molar-refractivity contribution is 0.0565. The molecule has 1 heterocycles. The van der Waals surface area contributed by atoms with Crippen LogP contribution in [0.25, 0.3) is 0 Å². The number of amides is 4. The van der Waals surface area contributed by atoms with Gasteiger partial charge in [-0.05, 0) is 39.8 Å². The lowest BCUT2D eigenvalue weighted by Gasteiger charge is -2.32. The Balaban J connectivity index is 2.06. The van der Waals surface area contributed by atoms with Crippen LogP contribution in [0.3, 0.4) is 0 Å². The van der Waals surface area contributed by atoms with Crippen molar-refractivity contribution in [1.82, 2.24) is 15.5 Å². The Morgan fingerprint density at radius 1 is 0.906 bits per heavy atom. The van der Waals surface area contributed by atoms with E-state index in [4.69, 9.17) is 15.2 Å². The van der Waals surface area contributed by atoms with Crippen molar-refractivity contribution in [1.29, 1.82) is 0 Å². The zero-order chi connectivity index (χ0) is 23.9. The number of alkyl carbamates (subject to hydrolysis) is 2. The first kappa shape index (κ1) is 25.1. The van der Waals surface area contributed by atoms with E-state index in [0.717, 1.165) is 4.90 Å². The first-order valence-corrected chi connectivity index (χ1v) is 10.6. The number of imide groups is 1. The number of fused-ring (bicyclic) bond motifs is 1. The van der Waals surface area contributed by atoms with E-state index in [1.807, 2.05) is 0 Å². The molecule has 4 N–H and O–H groups in total. The molecule has 0 saturated heterocycles. The zero-order valence-corrected chi connectivity index (χ0v) is 19.0. The minimum Gasteiger partial charge on any atom is -0.449 e. The molecule has 0 saturated carbocycles. The maximum absolute atomic E-state index is 12.8. The molecule has 0 aromatic heterocycles. The van der Waals surface area contributed by atoms with Gasteiger partial charge in [-0.15, -0.1) is 0 Å². The van der Waals surface area contributed by atoms with Gasteiger partial charge in [0.05, 0.1) is 24.3 Å². The van der Waals surface area contributed by atoms with Gasteiger partial charge in [0.1, 0.15) is 0 Å². The fourth-order valence-corrected chi connectivity index (χ4v) is 3.23. The molecule has 1 aliphatic heterocycles. The van der Waals surface area contributed by atoms with Gasteiger partial charge in [0.15, 0.2) is 0 Å². The van der Waals surface area contributed by atoms with Gasteiger partial charge in [0.2, 0.25) is 0 Å². The van der Waals surface area contributed by atoms with E-state index < -0.39 is 29.5 Å². The molecule has 32 heavy (non-hydrogen) atoms. The molecule has 1 aromatic carbocycles. The molecule has 10 heteroatoms. The van der Waals surface area contributed by atoms with Gasteiger partial charge in [0.25, 0.3) is 11.8 Å². The molecule has 0 unspecified atom stereocenters. The van der Waals surface area contributed by atoms with Crippen molar-refractivity contribution in [2.45, 2.75) is 58.2 Å². The standard InChI is InChI=1S/C22H32N4O6/c1-14(2)24-20(29)31-11-9-22(23,10-12-32-21(30)25-15(3)4)13-26-18(27)16-7-5-6-8-17(16)19(26)28/h5-8,14-15H,9-13,23H2,1-4H3,(H,24,29)(H,25,30). The summed E-state index contributed by atoms with van der Waals surface area (Å²) in [6.07, 6.45) is -0.867. The molecular formula is C22H32N4O6. The smallest absolute Gasteiger partial charge is 0.407 e. The number of nitrogens with two attached hydrogens (primary N) is 1. The SMILES string of the molecule is CC(C)NC(=O)OCCC(N)(CCOC(=O)NC(C)C)CN1C(=O)c2ccccc2C1=O. The number of nitrogens with zero attached hydrogens (tertiary/aromatic N) is 1. The van der Waals surface area contributed by atoms with Crippen LogP contribution < -0.4 is 16.4 Å². The van der Waals surface area contributed by atoms with Gasteiger partial charge in [0, 0.05) is 37.0 Å². The third-order valence-corrected chi connectivity index (χ3v) is 4.83. The molecule has 4 amide bonds. The molecule has 0 fully saturated rings. The van der Waals surface area contributed by atoms with Gasteiger partial charge in [-0.1, -0.05) is 12.1 Å². The van der Waals surface area contributed by atoms with Gasteiger partial charge < -0.3 is 25.8 Å². The van der Waals surface area contributed by atoms with Crippen molar-refractivity contribution in [3.05, 3.63) is 35.4 Å². The Bertz CT molecular complexity index is 792. The van der Waals surface area contributed by atoms with Crippen LogP contribution in [0.1, 0.15) is 61.3 Å². The Labute approximate surface area is 187 Å². The summed E-state index contributed by atoms with van der Waals surface area (Å²) in [5, 5.41) is 5.21. The van der Waals surface area contributed by atoms with E-state index in [0.29, 0.717) is 11.1 Å². The van der Waals surface area contributed by atoms with Crippen LogP contribution in [-0.2, 0) is 9.47 Å². The van der Waals surface area contributed by atoms with Crippen LogP contribution in [0, 0.1) is 0 Å². The van der Waals surface area contributed by atoms with E-state index >= 15 is 0 Å². The van der Waals surface area contributed by atoms with E-state index in [1.54, 1.807) is 52.0 Å². The molecule has 10 nitrogen and oxygen atoms in total. The van der Waals surface area contributed by atoms with Crippen molar-refractivity contribution in [2.24, 2.45) is 5.73 Å². The summed E-state index contributed by atoms with van der Waals surface area (Å²) in [5.41, 5.74) is 6.05. The van der Waals surface area contributed by atoms with Crippen molar-refractivity contribution in [3.8, 4) is 0 Å². The van der Waals surface area contributed by atoms with Crippen molar-refractivity contribution < 1.29 is 28.7 Å². The van der Waals surface area contributed by atoms with Crippen LogP contribution in [0.15, 0.2) is 24.3 Å².